The molecule has 1 atom stereocenters. The molecule has 0 amide bonds. The maximum absolute atomic E-state index is 5.94. The molecule has 108 valence electrons. The fourth-order valence-corrected chi connectivity index (χ4v) is 2.45. The van der Waals surface area contributed by atoms with Gasteiger partial charge in [-0.25, -0.2) is 4.98 Å². The summed E-state index contributed by atoms with van der Waals surface area (Å²) in [5, 5.41) is 0. The van der Waals surface area contributed by atoms with Gasteiger partial charge in [0.2, 0.25) is 0 Å². The van der Waals surface area contributed by atoms with Gasteiger partial charge in [-0.05, 0) is 37.8 Å². The summed E-state index contributed by atoms with van der Waals surface area (Å²) in [5.74, 6) is 1.86. The molecule has 0 aromatic carbocycles. The first kappa shape index (κ1) is 16.0. The third-order valence-electron chi connectivity index (χ3n) is 3.72. The van der Waals surface area contributed by atoms with E-state index in [-0.39, 0.29) is 6.04 Å². The van der Waals surface area contributed by atoms with Crippen molar-refractivity contribution in [2.24, 2.45) is 11.7 Å². The van der Waals surface area contributed by atoms with Gasteiger partial charge in [-0.2, -0.15) is 0 Å². The van der Waals surface area contributed by atoms with Crippen molar-refractivity contribution in [3.63, 3.8) is 0 Å². The van der Waals surface area contributed by atoms with Crippen molar-refractivity contribution in [2.75, 3.05) is 18.0 Å². The van der Waals surface area contributed by atoms with Gasteiger partial charge in [0.25, 0.3) is 0 Å². The van der Waals surface area contributed by atoms with Crippen molar-refractivity contribution >= 4 is 5.82 Å². The SMILES string of the molecule is CCC(CC)CN(CC)c1ncccc1CC(C)N. The number of hydrogen-bond acceptors (Lipinski definition) is 3. The smallest absolute Gasteiger partial charge is 0.131 e. The van der Waals surface area contributed by atoms with Gasteiger partial charge in [0, 0.05) is 25.3 Å². The zero-order chi connectivity index (χ0) is 14.3. The second-order valence-corrected chi connectivity index (χ2v) is 5.39. The lowest BCUT2D eigenvalue weighted by molar-refractivity contribution is 0.483. The van der Waals surface area contributed by atoms with Gasteiger partial charge in [0.1, 0.15) is 5.82 Å². The average molecular weight is 263 g/mol. The zero-order valence-electron chi connectivity index (χ0n) is 12.9. The number of pyridine rings is 1. The van der Waals surface area contributed by atoms with E-state index in [0.29, 0.717) is 0 Å². The summed E-state index contributed by atoms with van der Waals surface area (Å²) in [6.45, 7) is 10.9. The molecule has 0 fully saturated rings. The van der Waals surface area contributed by atoms with E-state index in [1.54, 1.807) is 0 Å². The summed E-state index contributed by atoms with van der Waals surface area (Å²) in [5.41, 5.74) is 7.21. The predicted molar refractivity (Wildman–Crippen MR) is 83.5 cm³/mol. The topological polar surface area (TPSA) is 42.2 Å². The van der Waals surface area contributed by atoms with Crippen LogP contribution in [-0.2, 0) is 6.42 Å². The highest BCUT2D eigenvalue weighted by Crippen LogP contribution is 2.21. The molecule has 3 heteroatoms. The highest BCUT2D eigenvalue weighted by Gasteiger charge is 2.15. The Morgan fingerprint density at radius 3 is 2.47 bits per heavy atom. The van der Waals surface area contributed by atoms with Crippen LogP contribution in [0.3, 0.4) is 0 Å². The highest BCUT2D eigenvalue weighted by molar-refractivity contribution is 5.47. The number of nitrogens with zero attached hydrogens (tertiary/aromatic N) is 2. The van der Waals surface area contributed by atoms with Crippen LogP contribution in [0.5, 0.6) is 0 Å². The van der Waals surface area contributed by atoms with E-state index in [2.05, 4.69) is 36.7 Å². The lowest BCUT2D eigenvalue weighted by Gasteiger charge is -2.28. The Labute approximate surface area is 118 Å². The monoisotopic (exact) mass is 263 g/mol. The van der Waals surface area contributed by atoms with Crippen molar-refractivity contribution in [3.8, 4) is 0 Å². The molecule has 1 heterocycles. The van der Waals surface area contributed by atoms with Crippen LogP contribution < -0.4 is 10.6 Å². The summed E-state index contributed by atoms with van der Waals surface area (Å²) < 4.78 is 0. The lowest BCUT2D eigenvalue weighted by Crippen LogP contribution is -2.31. The van der Waals surface area contributed by atoms with Crippen molar-refractivity contribution in [1.82, 2.24) is 4.98 Å². The molecule has 0 aliphatic rings. The van der Waals surface area contributed by atoms with Gasteiger partial charge in [0.15, 0.2) is 0 Å². The van der Waals surface area contributed by atoms with E-state index in [1.165, 1.54) is 18.4 Å². The normalized spacial score (nSPS) is 12.7. The van der Waals surface area contributed by atoms with E-state index >= 15 is 0 Å². The molecule has 1 aromatic heterocycles. The molecular weight excluding hydrogens is 234 g/mol. The number of hydrogen-bond donors (Lipinski definition) is 1. The van der Waals surface area contributed by atoms with Crippen molar-refractivity contribution < 1.29 is 0 Å². The maximum atomic E-state index is 5.94. The molecule has 0 saturated heterocycles. The van der Waals surface area contributed by atoms with Crippen LogP contribution >= 0.6 is 0 Å². The first-order chi connectivity index (χ1) is 9.12. The van der Waals surface area contributed by atoms with Crippen LogP contribution in [0.4, 0.5) is 5.82 Å². The average Bonchev–Trinajstić information content (AvgIpc) is 2.41. The van der Waals surface area contributed by atoms with Crippen LogP contribution in [0.25, 0.3) is 0 Å². The Morgan fingerprint density at radius 2 is 1.95 bits per heavy atom. The van der Waals surface area contributed by atoms with Crippen LogP contribution in [-0.4, -0.2) is 24.1 Å². The van der Waals surface area contributed by atoms with Crippen molar-refractivity contribution in [3.05, 3.63) is 23.9 Å². The van der Waals surface area contributed by atoms with E-state index < -0.39 is 0 Å². The number of nitrogens with two attached hydrogens (primary N) is 1. The Hall–Kier alpha value is -1.09. The van der Waals surface area contributed by atoms with Gasteiger partial charge >= 0.3 is 0 Å². The van der Waals surface area contributed by atoms with Gasteiger partial charge in [-0.3, -0.25) is 0 Å². The highest BCUT2D eigenvalue weighted by atomic mass is 15.2. The molecule has 0 bridgehead atoms. The van der Waals surface area contributed by atoms with E-state index in [1.807, 2.05) is 19.2 Å². The number of aromatic nitrogens is 1. The molecule has 0 spiro atoms. The van der Waals surface area contributed by atoms with Crippen molar-refractivity contribution in [1.29, 1.82) is 0 Å². The van der Waals surface area contributed by atoms with Gasteiger partial charge in [-0.1, -0.05) is 32.8 Å². The molecule has 19 heavy (non-hydrogen) atoms. The Balaban J connectivity index is 2.90. The Morgan fingerprint density at radius 1 is 1.26 bits per heavy atom. The maximum Gasteiger partial charge on any atom is 0.131 e. The Kier molecular flexibility index (Phi) is 6.85. The molecule has 0 aliphatic carbocycles. The van der Waals surface area contributed by atoms with Crippen LogP contribution in [0.2, 0.25) is 0 Å². The lowest BCUT2D eigenvalue weighted by atomic mass is 10.0. The quantitative estimate of drug-likeness (QED) is 0.783. The fraction of sp³-hybridized carbons (Fsp3) is 0.688. The molecule has 1 aromatic rings. The summed E-state index contributed by atoms with van der Waals surface area (Å²) in [4.78, 5) is 6.99. The summed E-state index contributed by atoms with van der Waals surface area (Å²) in [7, 11) is 0. The second kappa shape index (κ2) is 8.16. The van der Waals surface area contributed by atoms with Gasteiger partial charge in [0.05, 0.1) is 0 Å². The fourth-order valence-electron chi connectivity index (χ4n) is 2.45. The molecule has 0 aliphatic heterocycles. The number of anilines is 1. The minimum atomic E-state index is 0.176. The molecule has 0 radical (unpaired) electrons. The largest absolute Gasteiger partial charge is 0.356 e. The minimum Gasteiger partial charge on any atom is -0.356 e. The third-order valence-corrected chi connectivity index (χ3v) is 3.72. The van der Waals surface area contributed by atoms with Crippen LogP contribution in [0.15, 0.2) is 18.3 Å². The molecule has 2 N–H and O–H groups in total. The standard InChI is InChI=1S/C16H29N3/c1-5-14(6-2)12-19(7-3)16-15(11-13(4)17)9-8-10-18-16/h8-10,13-14H,5-7,11-12,17H2,1-4H3. The molecule has 0 saturated carbocycles. The Bertz CT molecular complexity index is 359. The first-order valence-electron chi connectivity index (χ1n) is 7.56. The van der Waals surface area contributed by atoms with E-state index in [9.17, 15) is 0 Å². The summed E-state index contributed by atoms with van der Waals surface area (Å²) in [6.07, 6.45) is 5.23. The molecular formula is C16H29N3. The van der Waals surface area contributed by atoms with Crippen molar-refractivity contribution in [2.45, 2.75) is 53.0 Å². The zero-order valence-corrected chi connectivity index (χ0v) is 12.9. The predicted octanol–water partition coefficient (Wildman–Crippen LogP) is 3.23. The van der Waals surface area contributed by atoms with Gasteiger partial charge < -0.3 is 10.6 Å². The van der Waals surface area contributed by atoms with Crippen LogP contribution in [0.1, 0.15) is 46.1 Å². The minimum absolute atomic E-state index is 0.176. The molecule has 1 unspecified atom stereocenters. The third kappa shape index (κ3) is 4.83. The molecule has 3 nitrogen and oxygen atoms in total. The number of rotatable bonds is 8. The summed E-state index contributed by atoms with van der Waals surface area (Å²) >= 11 is 0. The molecule has 1 rings (SSSR count). The first-order valence-corrected chi connectivity index (χ1v) is 7.56. The van der Waals surface area contributed by atoms with E-state index in [0.717, 1.165) is 31.2 Å². The second-order valence-electron chi connectivity index (χ2n) is 5.39. The van der Waals surface area contributed by atoms with E-state index in [4.69, 9.17) is 5.73 Å². The van der Waals surface area contributed by atoms with Crippen LogP contribution in [0, 0.1) is 5.92 Å². The summed E-state index contributed by atoms with van der Waals surface area (Å²) in [6, 6.07) is 4.34. The van der Waals surface area contributed by atoms with Gasteiger partial charge in [-0.15, -0.1) is 0 Å².